The SMILES string of the molecule is Cc1ccc2cc(F)ccc2[n+]1[O-]. The Labute approximate surface area is 74.8 Å². The van der Waals surface area contributed by atoms with Crippen LogP contribution in [0.5, 0.6) is 0 Å². The predicted molar refractivity (Wildman–Crippen MR) is 47.6 cm³/mol. The zero-order valence-electron chi connectivity index (χ0n) is 7.12. The van der Waals surface area contributed by atoms with Gasteiger partial charge in [0.2, 0.25) is 5.52 Å². The lowest BCUT2D eigenvalue weighted by Crippen LogP contribution is -2.30. The van der Waals surface area contributed by atoms with Crippen LogP contribution in [-0.2, 0) is 0 Å². The second-order valence-electron chi connectivity index (χ2n) is 2.97. The normalized spacial score (nSPS) is 10.6. The maximum absolute atomic E-state index is 12.8. The topological polar surface area (TPSA) is 26.9 Å². The number of hydrogen-bond acceptors (Lipinski definition) is 1. The van der Waals surface area contributed by atoms with E-state index < -0.39 is 0 Å². The number of pyridine rings is 1. The number of rotatable bonds is 0. The molecule has 0 spiro atoms. The molecule has 0 aliphatic rings. The quantitative estimate of drug-likeness (QED) is 0.446. The van der Waals surface area contributed by atoms with E-state index in [2.05, 4.69) is 0 Å². The van der Waals surface area contributed by atoms with Crippen LogP contribution in [0.25, 0.3) is 10.9 Å². The van der Waals surface area contributed by atoms with Gasteiger partial charge in [0.1, 0.15) is 5.82 Å². The third-order valence-electron chi connectivity index (χ3n) is 2.03. The summed E-state index contributed by atoms with van der Waals surface area (Å²) in [6, 6.07) is 7.54. The third kappa shape index (κ3) is 1.22. The molecule has 0 amide bonds. The highest BCUT2D eigenvalue weighted by Crippen LogP contribution is 2.11. The van der Waals surface area contributed by atoms with Gasteiger partial charge in [0, 0.05) is 19.1 Å². The van der Waals surface area contributed by atoms with Gasteiger partial charge in [-0.25, -0.2) is 4.39 Å². The Morgan fingerprint density at radius 1 is 1.23 bits per heavy atom. The van der Waals surface area contributed by atoms with Crippen LogP contribution in [0.1, 0.15) is 5.69 Å². The molecular formula is C10H8FNO. The van der Waals surface area contributed by atoms with Crippen LogP contribution in [0.3, 0.4) is 0 Å². The van der Waals surface area contributed by atoms with E-state index >= 15 is 0 Å². The first-order valence-electron chi connectivity index (χ1n) is 3.97. The van der Waals surface area contributed by atoms with Crippen molar-refractivity contribution in [1.82, 2.24) is 0 Å². The van der Waals surface area contributed by atoms with Crippen molar-refractivity contribution in [3.63, 3.8) is 0 Å². The summed E-state index contributed by atoms with van der Waals surface area (Å²) in [4.78, 5) is 0. The van der Waals surface area contributed by atoms with Crippen molar-refractivity contribution >= 4 is 10.9 Å². The summed E-state index contributed by atoms with van der Waals surface area (Å²) >= 11 is 0. The molecule has 0 N–H and O–H groups in total. The standard InChI is InChI=1S/C10H8FNO/c1-7-2-3-8-6-9(11)4-5-10(8)12(7)13/h2-6H,1H3. The molecule has 3 heteroatoms. The fraction of sp³-hybridized carbons (Fsp3) is 0.100. The summed E-state index contributed by atoms with van der Waals surface area (Å²) in [6.07, 6.45) is 0. The van der Waals surface area contributed by atoms with Gasteiger partial charge < -0.3 is 5.21 Å². The molecule has 2 nitrogen and oxygen atoms in total. The predicted octanol–water partition coefficient (Wildman–Crippen LogP) is 1.92. The molecule has 2 aromatic rings. The van der Waals surface area contributed by atoms with Crippen molar-refractivity contribution in [3.8, 4) is 0 Å². The van der Waals surface area contributed by atoms with Gasteiger partial charge in [0.15, 0.2) is 5.69 Å². The molecule has 0 radical (unpaired) electrons. The number of nitrogens with zero attached hydrogens (tertiary/aromatic N) is 1. The first-order chi connectivity index (χ1) is 6.18. The molecule has 0 aliphatic heterocycles. The van der Waals surface area contributed by atoms with Crippen molar-refractivity contribution < 1.29 is 9.12 Å². The Bertz CT molecular complexity index is 468. The number of aryl methyl sites for hydroxylation is 1. The van der Waals surface area contributed by atoms with E-state index in [4.69, 9.17) is 0 Å². The average molecular weight is 177 g/mol. The molecule has 66 valence electrons. The van der Waals surface area contributed by atoms with E-state index in [9.17, 15) is 9.60 Å². The number of halogens is 1. The first-order valence-corrected chi connectivity index (χ1v) is 3.97. The number of fused-ring (bicyclic) bond motifs is 1. The summed E-state index contributed by atoms with van der Waals surface area (Å²) < 4.78 is 13.6. The van der Waals surface area contributed by atoms with Crippen molar-refractivity contribution in [2.24, 2.45) is 0 Å². The Hall–Kier alpha value is -1.64. The minimum absolute atomic E-state index is 0.323. The molecule has 2 rings (SSSR count). The van der Waals surface area contributed by atoms with E-state index in [0.717, 1.165) is 4.73 Å². The minimum atomic E-state index is -0.323. The van der Waals surface area contributed by atoms with E-state index in [1.807, 2.05) is 0 Å². The lowest BCUT2D eigenvalue weighted by molar-refractivity contribution is -0.584. The maximum Gasteiger partial charge on any atom is 0.224 e. The number of aromatic nitrogens is 1. The van der Waals surface area contributed by atoms with Gasteiger partial charge in [-0.3, -0.25) is 0 Å². The molecule has 0 aliphatic carbocycles. The molecule has 1 aromatic heterocycles. The molecule has 13 heavy (non-hydrogen) atoms. The second kappa shape index (κ2) is 2.69. The van der Waals surface area contributed by atoms with E-state index in [1.54, 1.807) is 19.1 Å². The van der Waals surface area contributed by atoms with Crippen molar-refractivity contribution in [2.75, 3.05) is 0 Å². The summed E-state index contributed by atoms with van der Waals surface area (Å²) in [5, 5.41) is 12.1. The van der Waals surface area contributed by atoms with Crippen LogP contribution in [0.4, 0.5) is 4.39 Å². The van der Waals surface area contributed by atoms with Crippen LogP contribution in [0.15, 0.2) is 30.3 Å². The van der Waals surface area contributed by atoms with Gasteiger partial charge in [0.05, 0.1) is 5.39 Å². The van der Waals surface area contributed by atoms with Crippen molar-refractivity contribution in [2.45, 2.75) is 6.92 Å². The molecule has 0 atom stereocenters. The lowest BCUT2D eigenvalue weighted by Gasteiger charge is -2.03. The van der Waals surface area contributed by atoms with Crippen LogP contribution >= 0.6 is 0 Å². The van der Waals surface area contributed by atoms with Gasteiger partial charge in [0.25, 0.3) is 0 Å². The summed E-state index contributed by atoms with van der Waals surface area (Å²) in [6.45, 7) is 1.72. The zero-order chi connectivity index (χ0) is 9.42. The number of benzene rings is 1. The number of hydrogen-bond donors (Lipinski definition) is 0. The molecule has 0 bridgehead atoms. The summed E-state index contributed by atoms with van der Waals surface area (Å²) in [5.74, 6) is -0.323. The fourth-order valence-corrected chi connectivity index (χ4v) is 1.31. The van der Waals surface area contributed by atoms with E-state index in [1.165, 1.54) is 18.2 Å². The maximum atomic E-state index is 12.8. The van der Waals surface area contributed by atoms with Crippen molar-refractivity contribution in [1.29, 1.82) is 0 Å². The average Bonchev–Trinajstić information content (AvgIpc) is 2.12. The Morgan fingerprint density at radius 3 is 2.77 bits per heavy atom. The smallest absolute Gasteiger partial charge is 0.224 e. The van der Waals surface area contributed by atoms with E-state index in [-0.39, 0.29) is 5.82 Å². The highest BCUT2D eigenvalue weighted by Gasteiger charge is 2.06. The first kappa shape index (κ1) is 7.98. The minimum Gasteiger partial charge on any atom is -0.618 e. The third-order valence-corrected chi connectivity index (χ3v) is 2.03. The van der Waals surface area contributed by atoms with Gasteiger partial charge in [-0.2, -0.15) is 4.73 Å². The second-order valence-corrected chi connectivity index (χ2v) is 2.97. The van der Waals surface area contributed by atoms with Crippen molar-refractivity contribution in [3.05, 3.63) is 47.1 Å². The van der Waals surface area contributed by atoms with Crippen LogP contribution in [0, 0.1) is 17.9 Å². The van der Waals surface area contributed by atoms with Crippen LogP contribution < -0.4 is 4.73 Å². The van der Waals surface area contributed by atoms with Crippen LogP contribution in [-0.4, -0.2) is 0 Å². The Kier molecular flexibility index (Phi) is 1.65. The molecule has 0 fully saturated rings. The molecule has 0 saturated carbocycles. The Morgan fingerprint density at radius 2 is 2.00 bits per heavy atom. The summed E-state index contributed by atoms with van der Waals surface area (Å²) in [7, 11) is 0. The molecule has 1 heterocycles. The molecule has 0 saturated heterocycles. The van der Waals surface area contributed by atoms with Gasteiger partial charge in [-0.15, -0.1) is 0 Å². The molecule has 0 unspecified atom stereocenters. The highest BCUT2D eigenvalue weighted by molar-refractivity contribution is 5.75. The van der Waals surface area contributed by atoms with Gasteiger partial charge in [-0.1, -0.05) is 0 Å². The molecular weight excluding hydrogens is 169 g/mol. The van der Waals surface area contributed by atoms with Crippen LogP contribution in [0.2, 0.25) is 0 Å². The zero-order valence-corrected chi connectivity index (χ0v) is 7.12. The fourth-order valence-electron chi connectivity index (χ4n) is 1.31. The van der Waals surface area contributed by atoms with Gasteiger partial charge >= 0.3 is 0 Å². The Balaban J connectivity index is 2.87. The lowest BCUT2D eigenvalue weighted by atomic mass is 10.2. The highest BCUT2D eigenvalue weighted by atomic mass is 19.1. The molecule has 1 aromatic carbocycles. The largest absolute Gasteiger partial charge is 0.618 e. The van der Waals surface area contributed by atoms with Gasteiger partial charge in [-0.05, 0) is 18.2 Å². The van der Waals surface area contributed by atoms with E-state index in [0.29, 0.717) is 16.6 Å². The monoisotopic (exact) mass is 177 g/mol. The summed E-state index contributed by atoms with van der Waals surface area (Å²) in [5.41, 5.74) is 1.11.